The second kappa shape index (κ2) is 8.19. The lowest BCUT2D eigenvalue weighted by molar-refractivity contribution is 0.823. The van der Waals surface area contributed by atoms with Gasteiger partial charge in [-0.05, 0) is 60.4 Å². The average Bonchev–Trinajstić information content (AvgIpc) is 3.13. The van der Waals surface area contributed by atoms with Gasteiger partial charge in [0.25, 0.3) is 0 Å². The molecule has 29 heavy (non-hydrogen) atoms. The number of aryl methyl sites for hydroxylation is 2. The van der Waals surface area contributed by atoms with Crippen LogP contribution in [0.3, 0.4) is 0 Å². The van der Waals surface area contributed by atoms with Gasteiger partial charge in [0.1, 0.15) is 0 Å². The molecule has 0 fully saturated rings. The highest BCUT2D eigenvalue weighted by atomic mass is 15.1. The third kappa shape index (κ3) is 4.46. The minimum Gasteiger partial charge on any atom is -0.370 e. The second-order valence-corrected chi connectivity index (χ2v) is 7.30. The molecule has 0 spiro atoms. The molecule has 4 aromatic rings. The molecule has 3 N–H and O–H groups in total. The van der Waals surface area contributed by atoms with Gasteiger partial charge in [-0.3, -0.25) is 0 Å². The Labute approximate surface area is 170 Å². The highest BCUT2D eigenvalue weighted by molar-refractivity contribution is 5.92. The van der Waals surface area contributed by atoms with E-state index in [1.54, 1.807) is 0 Å². The van der Waals surface area contributed by atoms with E-state index in [2.05, 4.69) is 76.2 Å². The maximum atomic E-state index is 6.04. The fourth-order valence-corrected chi connectivity index (χ4v) is 3.27. The maximum Gasteiger partial charge on any atom is 0.193 e. The van der Waals surface area contributed by atoms with Crippen molar-refractivity contribution < 1.29 is 0 Å². The van der Waals surface area contributed by atoms with Crippen molar-refractivity contribution in [2.45, 2.75) is 26.9 Å². The minimum atomic E-state index is 0.419. The summed E-state index contributed by atoms with van der Waals surface area (Å²) in [6.07, 6.45) is 1.89. The molecule has 0 radical (unpaired) electrons. The summed E-state index contributed by atoms with van der Waals surface area (Å²) in [5.74, 6) is 0.419. The molecule has 146 valence electrons. The average molecular weight is 383 g/mol. The quantitative estimate of drug-likeness (QED) is 0.390. The highest BCUT2D eigenvalue weighted by Crippen LogP contribution is 2.16. The van der Waals surface area contributed by atoms with Gasteiger partial charge >= 0.3 is 0 Å². The molecule has 0 amide bonds. The molecule has 3 aromatic carbocycles. The second-order valence-electron chi connectivity index (χ2n) is 7.30. The predicted octanol–water partition coefficient (Wildman–Crippen LogP) is 4.63. The number of hydrogen-bond donors (Lipinski definition) is 2. The van der Waals surface area contributed by atoms with Crippen LogP contribution in [0.15, 0.2) is 78.0 Å². The number of nitrogens with two attached hydrogens (primary N) is 1. The van der Waals surface area contributed by atoms with Crippen LogP contribution in [0, 0.1) is 13.8 Å². The summed E-state index contributed by atoms with van der Waals surface area (Å²) >= 11 is 0. The van der Waals surface area contributed by atoms with E-state index in [0.717, 1.165) is 28.8 Å². The molecule has 4 rings (SSSR count). The minimum absolute atomic E-state index is 0.419. The van der Waals surface area contributed by atoms with E-state index in [-0.39, 0.29) is 0 Å². The van der Waals surface area contributed by atoms with Crippen LogP contribution in [0.2, 0.25) is 0 Å². The summed E-state index contributed by atoms with van der Waals surface area (Å²) in [6, 6.07) is 22.8. The van der Waals surface area contributed by atoms with E-state index in [9.17, 15) is 0 Å². The number of hydrogen-bond acceptors (Lipinski definition) is 2. The van der Waals surface area contributed by atoms with Gasteiger partial charge in [-0.15, -0.1) is 0 Å². The Balaban J connectivity index is 1.38. The number of guanidine groups is 1. The van der Waals surface area contributed by atoms with Crippen LogP contribution in [0.4, 0.5) is 5.69 Å². The van der Waals surface area contributed by atoms with Crippen LogP contribution in [0.1, 0.15) is 22.3 Å². The van der Waals surface area contributed by atoms with E-state index >= 15 is 0 Å². The van der Waals surface area contributed by atoms with Crippen LogP contribution in [-0.4, -0.2) is 15.5 Å². The monoisotopic (exact) mass is 383 g/mol. The Bertz CT molecular complexity index is 1160. The van der Waals surface area contributed by atoms with Crippen molar-refractivity contribution in [2.24, 2.45) is 10.7 Å². The topological polar surface area (TPSA) is 68.2 Å². The van der Waals surface area contributed by atoms with E-state index in [1.165, 1.54) is 16.7 Å². The fraction of sp³-hybridized carbons (Fsp3) is 0.167. The number of fused-ring (bicyclic) bond motifs is 1. The summed E-state index contributed by atoms with van der Waals surface area (Å²) in [7, 11) is 0. The molecule has 0 atom stereocenters. The lowest BCUT2D eigenvalue weighted by atomic mass is 10.1. The summed E-state index contributed by atoms with van der Waals surface area (Å²) in [4.78, 5) is 8.91. The molecule has 0 aliphatic heterocycles. The Hall–Kier alpha value is -3.60. The number of aromatic nitrogens is 2. The summed E-state index contributed by atoms with van der Waals surface area (Å²) in [5, 5.41) is 3.16. The van der Waals surface area contributed by atoms with Gasteiger partial charge in [0.2, 0.25) is 0 Å². The standard InChI is InChI=1S/C24H25N5/c1-17-7-12-21(13-18(17)2)28-24(25)26-14-19-8-10-20(11-9-19)15-29-16-27-22-5-3-4-6-23(22)29/h3-13,16H,14-15H2,1-2H3,(H3,25,26,28). The first-order valence-electron chi connectivity index (χ1n) is 9.70. The Kier molecular flexibility index (Phi) is 5.29. The number of rotatable bonds is 5. The third-order valence-electron chi connectivity index (χ3n) is 5.11. The molecule has 0 aliphatic carbocycles. The van der Waals surface area contributed by atoms with Gasteiger partial charge in [0.15, 0.2) is 5.96 Å². The molecule has 0 aliphatic rings. The van der Waals surface area contributed by atoms with Crippen LogP contribution in [0.25, 0.3) is 11.0 Å². The fourth-order valence-electron chi connectivity index (χ4n) is 3.27. The summed E-state index contributed by atoms with van der Waals surface area (Å²) in [6.45, 7) is 5.51. The Morgan fingerprint density at radius 3 is 2.52 bits per heavy atom. The van der Waals surface area contributed by atoms with E-state index in [0.29, 0.717) is 12.5 Å². The first-order chi connectivity index (χ1) is 14.1. The van der Waals surface area contributed by atoms with Crippen LogP contribution in [0.5, 0.6) is 0 Å². The van der Waals surface area contributed by atoms with Crippen molar-refractivity contribution in [2.75, 3.05) is 5.32 Å². The van der Waals surface area contributed by atoms with Gasteiger partial charge in [-0.25, -0.2) is 9.98 Å². The number of benzene rings is 3. The lowest BCUT2D eigenvalue weighted by Crippen LogP contribution is -2.22. The smallest absolute Gasteiger partial charge is 0.193 e. The van der Waals surface area contributed by atoms with Crippen molar-refractivity contribution in [1.82, 2.24) is 9.55 Å². The van der Waals surface area contributed by atoms with Crippen molar-refractivity contribution in [1.29, 1.82) is 0 Å². The first kappa shape index (κ1) is 18.7. The SMILES string of the molecule is Cc1ccc(NC(N)=NCc2ccc(Cn3cnc4ccccc43)cc2)cc1C. The number of nitrogens with zero attached hydrogens (tertiary/aromatic N) is 3. The Morgan fingerprint density at radius 1 is 0.966 bits per heavy atom. The van der Waals surface area contributed by atoms with Gasteiger partial charge in [0, 0.05) is 12.2 Å². The van der Waals surface area contributed by atoms with Crippen molar-refractivity contribution in [3.8, 4) is 0 Å². The molecule has 5 nitrogen and oxygen atoms in total. The largest absolute Gasteiger partial charge is 0.370 e. The summed E-state index contributed by atoms with van der Waals surface area (Å²) in [5.41, 5.74) is 14.0. The summed E-state index contributed by atoms with van der Waals surface area (Å²) < 4.78 is 2.16. The molecule has 1 aromatic heterocycles. The van der Waals surface area contributed by atoms with Crippen molar-refractivity contribution in [3.63, 3.8) is 0 Å². The van der Waals surface area contributed by atoms with Gasteiger partial charge in [-0.1, -0.05) is 42.5 Å². The zero-order chi connectivity index (χ0) is 20.2. The van der Waals surface area contributed by atoms with Crippen molar-refractivity contribution >= 4 is 22.7 Å². The normalized spacial score (nSPS) is 11.7. The van der Waals surface area contributed by atoms with E-state index in [1.807, 2.05) is 30.6 Å². The number of anilines is 1. The third-order valence-corrected chi connectivity index (χ3v) is 5.11. The molecule has 0 bridgehead atoms. The molecular formula is C24H25N5. The Morgan fingerprint density at radius 2 is 1.72 bits per heavy atom. The van der Waals surface area contributed by atoms with Gasteiger partial charge < -0.3 is 15.6 Å². The predicted molar refractivity (Wildman–Crippen MR) is 120 cm³/mol. The first-order valence-corrected chi connectivity index (χ1v) is 9.70. The maximum absolute atomic E-state index is 6.04. The molecule has 5 heteroatoms. The zero-order valence-electron chi connectivity index (χ0n) is 16.8. The number of para-hydroxylation sites is 2. The zero-order valence-corrected chi connectivity index (χ0v) is 16.8. The van der Waals surface area contributed by atoms with Gasteiger partial charge in [-0.2, -0.15) is 0 Å². The highest BCUT2D eigenvalue weighted by Gasteiger charge is 2.03. The lowest BCUT2D eigenvalue weighted by Gasteiger charge is -2.08. The number of aliphatic imine (C=N–C) groups is 1. The van der Waals surface area contributed by atoms with Crippen molar-refractivity contribution in [3.05, 3.63) is 95.3 Å². The van der Waals surface area contributed by atoms with E-state index < -0.39 is 0 Å². The molecular weight excluding hydrogens is 358 g/mol. The molecule has 0 unspecified atom stereocenters. The number of nitrogens with one attached hydrogen (secondary N) is 1. The molecule has 1 heterocycles. The van der Waals surface area contributed by atoms with Gasteiger partial charge in [0.05, 0.1) is 23.9 Å². The van der Waals surface area contributed by atoms with Crippen LogP contribution >= 0.6 is 0 Å². The van der Waals surface area contributed by atoms with Crippen LogP contribution in [-0.2, 0) is 13.1 Å². The van der Waals surface area contributed by atoms with E-state index in [4.69, 9.17) is 5.73 Å². The molecule has 0 saturated heterocycles. The number of imidazole rings is 1. The molecule has 0 saturated carbocycles. The van der Waals surface area contributed by atoms with Crippen LogP contribution < -0.4 is 11.1 Å².